The summed E-state index contributed by atoms with van der Waals surface area (Å²) in [7, 11) is 0. The van der Waals surface area contributed by atoms with Crippen LogP contribution in [-0.2, 0) is 12.7 Å². The highest BCUT2D eigenvalue weighted by Gasteiger charge is 2.30. The van der Waals surface area contributed by atoms with E-state index in [-0.39, 0.29) is 17.1 Å². The minimum atomic E-state index is -4.42. The van der Waals surface area contributed by atoms with Crippen molar-refractivity contribution >= 4 is 11.6 Å². The standard InChI is InChI=1S/C8H7ClF3NO/c9-7-2-5(4-13-14)1-6(3-7)8(10,11)12/h1-3,13-14H,4H2. The van der Waals surface area contributed by atoms with Gasteiger partial charge in [0.05, 0.1) is 5.56 Å². The molecule has 0 radical (unpaired) electrons. The van der Waals surface area contributed by atoms with Crippen molar-refractivity contribution in [3.63, 3.8) is 0 Å². The first-order valence-corrected chi connectivity index (χ1v) is 4.05. The third kappa shape index (κ3) is 2.87. The van der Waals surface area contributed by atoms with Crippen molar-refractivity contribution < 1.29 is 18.4 Å². The molecule has 0 atom stereocenters. The number of halogens is 4. The molecule has 1 aromatic carbocycles. The summed E-state index contributed by atoms with van der Waals surface area (Å²) in [4.78, 5) is 0. The lowest BCUT2D eigenvalue weighted by molar-refractivity contribution is -0.137. The van der Waals surface area contributed by atoms with Gasteiger partial charge in [-0.2, -0.15) is 13.2 Å². The van der Waals surface area contributed by atoms with Crippen molar-refractivity contribution in [3.8, 4) is 0 Å². The Bertz CT molecular complexity index is 327. The fraction of sp³-hybridized carbons (Fsp3) is 0.250. The van der Waals surface area contributed by atoms with Crippen LogP contribution in [0.25, 0.3) is 0 Å². The maximum absolute atomic E-state index is 12.2. The van der Waals surface area contributed by atoms with Crippen LogP contribution in [0.4, 0.5) is 13.2 Å². The smallest absolute Gasteiger partial charge is 0.316 e. The highest BCUT2D eigenvalue weighted by molar-refractivity contribution is 6.30. The second-order valence-corrected chi connectivity index (χ2v) is 3.12. The zero-order valence-electron chi connectivity index (χ0n) is 6.90. The topological polar surface area (TPSA) is 32.3 Å². The summed E-state index contributed by atoms with van der Waals surface area (Å²) >= 11 is 5.48. The Morgan fingerprint density at radius 3 is 2.43 bits per heavy atom. The molecule has 6 heteroatoms. The van der Waals surface area contributed by atoms with Gasteiger partial charge in [-0.15, -0.1) is 0 Å². The highest BCUT2D eigenvalue weighted by Crippen LogP contribution is 2.31. The molecule has 0 spiro atoms. The van der Waals surface area contributed by atoms with E-state index >= 15 is 0 Å². The monoisotopic (exact) mass is 225 g/mol. The molecule has 0 unspecified atom stereocenters. The summed E-state index contributed by atoms with van der Waals surface area (Å²) in [6.45, 7) is -0.0797. The molecule has 0 heterocycles. The molecule has 0 bridgehead atoms. The van der Waals surface area contributed by atoms with Gasteiger partial charge in [0.1, 0.15) is 0 Å². The van der Waals surface area contributed by atoms with E-state index in [9.17, 15) is 13.2 Å². The van der Waals surface area contributed by atoms with Crippen molar-refractivity contribution in [2.24, 2.45) is 0 Å². The van der Waals surface area contributed by atoms with Crippen molar-refractivity contribution in [1.82, 2.24) is 5.48 Å². The molecular formula is C8H7ClF3NO. The Balaban J connectivity index is 3.07. The van der Waals surface area contributed by atoms with Crippen LogP contribution >= 0.6 is 11.6 Å². The lowest BCUT2D eigenvalue weighted by Crippen LogP contribution is -2.09. The molecule has 0 saturated carbocycles. The molecule has 78 valence electrons. The van der Waals surface area contributed by atoms with E-state index in [1.807, 2.05) is 0 Å². The number of alkyl halides is 3. The van der Waals surface area contributed by atoms with Crippen molar-refractivity contribution in [2.75, 3.05) is 0 Å². The summed E-state index contributed by atoms with van der Waals surface area (Å²) in [6.07, 6.45) is -4.42. The van der Waals surface area contributed by atoms with Gasteiger partial charge in [0.25, 0.3) is 0 Å². The van der Waals surface area contributed by atoms with Crippen LogP contribution in [0.3, 0.4) is 0 Å². The molecule has 0 aliphatic carbocycles. The van der Waals surface area contributed by atoms with Crippen molar-refractivity contribution in [3.05, 3.63) is 34.3 Å². The molecule has 2 nitrogen and oxygen atoms in total. The molecular weight excluding hydrogens is 219 g/mol. The molecule has 2 N–H and O–H groups in total. The second kappa shape index (κ2) is 4.16. The van der Waals surface area contributed by atoms with Gasteiger partial charge < -0.3 is 5.21 Å². The summed E-state index contributed by atoms with van der Waals surface area (Å²) in [5.41, 5.74) is 1.21. The maximum Gasteiger partial charge on any atom is 0.416 e. The molecule has 0 aliphatic rings. The fourth-order valence-electron chi connectivity index (χ4n) is 1.01. The van der Waals surface area contributed by atoms with Gasteiger partial charge in [0.2, 0.25) is 0 Å². The van der Waals surface area contributed by atoms with Crippen LogP contribution in [0.1, 0.15) is 11.1 Å². The minimum Gasteiger partial charge on any atom is -0.316 e. The normalized spacial score (nSPS) is 11.8. The summed E-state index contributed by atoms with van der Waals surface area (Å²) < 4.78 is 36.7. The van der Waals surface area contributed by atoms with Gasteiger partial charge >= 0.3 is 6.18 Å². The number of rotatable bonds is 2. The van der Waals surface area contributed by atoms with Crippen molar-refractivity contribution in [1.29, 1.82) is 0 Å². The summed E-state index contributed by atoms with van der Waals surface area (Å²) in [5, 5.41) is 8.32. The Morgan fingerprint density at radius 1 is 1.29 bits per heavy atom. The van der Waals surface area contributed by atoms with E-state index in [2.05, 4.69) is 0 Å². The quantitative estimate of drug-likeness (QED) is 0.759. The van der Waals surface area contributed by atoms with Crippen LogP contribution in [0, 0.1) is 0 Å². The number of hydroxylamine groups is 1. The highest BCUT2D eigenvalue weighted by atomic mass is 35.5. The minimum absolute atomic E-state index is 0.00919. The van der Waals surface area contributed by atoms with Crippen LogP contribution in [-0.4, -0.2) is 5.21 Å². The number of benzene rings is 1. The molecule has 1 aromatic rings. The molecule has 0 aliphatic heterocycles. The first-order chi connectivity index (χ1) is 6.43. The Hall–Kier alpha value is -0.780. The predicted octanol–water partition coefficient (Wildman–Crippen LogP) is 2.84. The zero-order chi connectivity index (χ0) is 10.8. The summed E-state index contributed by atoms with van der Waals surface area (Å²) in [5.74, 6) is 0. The number of hydrogen-bond donors (Lipinski definition) is 2. The largest absolute Gasteiger partial charge is 0.416 e. The molecule has 0 fully saturated rings. The Labute approximate surface area is 83.3 Å². The van der Waals surface area contributed by atoms with E-state index in [1.54, 1.807) is 5.48 Å². The van der Waals surface area contributed by atoms with Crippen molar-refractivity contribution in [2.45, 2.75) is 12.7 Å². The van der Waals surface area contributed by atoms with E-state index < -0.39 is 11.7 Å². The summed E-state index contributed by atoms with van der Waals surface area (Å²) in [6, 6.07) is 3.11. The van der Waals surface area contributed by atoms with E-state index in [4.69, 9.17) is 16.8 Å². The van der Waals surface area contributed by atoms with Crippen LogP contribution in [0.15, 0.2) is 18.2 Å². The molecule has 0 amide bonds. The Kier molecular flexibility index (Phi) is 3.36. The van der Waals surface area contributed by atoms with Gasteiger partial charge in [-0.1, -0.05) is 11.6 Å². The van der Waals surface area contributed by atoms with E-state index in [0.717, 1.165) is 12.1 Å². The average molecular weight is 226 g/mol. The first kappa shape index (κ1) is 11.3. The predicted molar refractivity (Wildman–Crippen MR) is 45.1 cm³/mol. The van der Waals surface area contributed by atoms with E-state index in [0.29, 0.717) is 0 Å². The fourth-order valence-corrected chi connectivity index (χ4v) is 1.27. The second-order valence-electron chi connectivity index (χ2n) is 2.68. The lowest BCUT2D eigenvalue weighted by Gasteiger charge is -2.09. The van der Waals surface area contributed by atoms with Gasteiger partial charge in [-0.05, 0) is 23.8 Å². The van der Waals surface area contributed by atoms with Gasteiger partial charge in [0.15, 0.2) is 0 Å². The lowest BCUT2D eigenvalue weighted by atomic mass is 10.1. The molecule has 1 rings (SSSR count). The SMILES string of the molecule is ONCc1cc(Cl)cc(C(F)(F)F)c1. The average Bonchev–Trinajstić information content (AvgIpc) is 2.02. The van der Waals surface area contributed by atoms with Gasteiger partial charge in [-0.3, -0.25) is 0 Å². The zero-order valence-corrected chi connectivity index (χ0v) is 7.65. The van der Waals surface area contributed by atoms with Gasteiger partial charge in [0, 0.05) is 11.6 Å². The van der Waals surface area contributed by atoms with Crippen LogP contribution in [0.5, 0.6) is 0 Å². The molecule has 14 heavy (non-hydrogen) atoms. The van der Waals surface area contributed by atoms with Crippen LogP contribution < -0.4 is 5.48 Å². The molecule has 0 saturated heterocycles. The first-order valence-electron chi connectivity index (χ1n) is 3.67. The number of hydrogen-bond acceptors (Lipinski definition) is 2. The number of nitrogens with one attached hydrogen (secondary N) is 1. The maximum atomic E-state index is 12.2. The van der Waals surface area contributed by atoms with E-state index in [1.165, 1.54) is 6.07 Å². The third-order valence-electron chi connectivity index (χ3n) is 1.57. The third-order valence-corrected chi connectivity index (χ3v) is 1.79. The van der Waals surface area contributed by atoms with Crippen LogP contribution in [0.2, 0.25) is 5.02 Å². The molecule has 0 aromatic heterocycles. The van der Waals surface area contributed by atoms with Gasteiger partial charge in [-0.25, -0.2) is 5.48 Å². The Morgan fingerprint density at radius 2 is 1.93 bits per heavy atom.